The molecule has 0 amide bonds. The van der Waals surface area contributed by atoms with E-state index in [4.69, 9.17) is 5.26 Å². The van der Waals surface area contributed by atoms with Crippen LogP contribution in [0.5, 0.6) is 0 Å². The van der Waals surface area contributed by atoms with Crippen LogP contribution in [0.4, 0.5) is 13.2 Å². The highest BCUT2D eigenvalue weighted by Crippen LogP contribution is 2.26. The summed E-state index contributed by atoms with van der Waals surface area (Å²) in [6.07, 6.45) is -3.56. The molecule has 0 spiro atoms. The minimum Gasteiger partial charge on any atom is -0.295 e. The molecule has 0 unspecified atom stereocenters. The molecular weight excluding hydrogens is 169 g/mol. The number of nitrogens with zero attached hydrogens (tertiary/aromatic N) is 2. The van der Waals surface area contributed by atoms with Gasteiger partial charge in [-0.2, -0.15) is 18.4 Å². The van der Waals surface area contributed by atoms with E-state index < -0.39 is 17.3 Å². The third-order valence-electron chi connectivity index (χ3n) is 1.21. The summed E-state index contributed by atoms with van der Waals surface area (Å²) in [5, 5.41) is 8.29. The standard InChI is InChI=1S/C7H7F3N2/c1-5(7(8,9)10)6(3-11)4-12-2/h4H,1-2H3/b6-5+,12-4?. The van der Waals surface area contributed by atoms with Gasteiger partial charge in [-0.3, -0.25) is 4.99 Å². The highest BCUT2D eigenvalue weighted by Gasteiger charge is 2.32. The van der Waals surface area contributed by atoms with Crippen molar-refractivity contribution >= 4 is 6.21 Å². The molecule has 0 rings (SSSR count). The van der Waals surface area contributed by atoms with Gasteiger partial charge in [-0.1, -0.05) is 0 Å². The lowest BCUT2D eigenvalue weighted by Gasteiger charge is -2.06. The number of aliphatic imine (C=N–C) groups is 1. The summed E-state index contributed by atoms with van der Waals surface area (Å²) in [5.74, 6) is 0. The van der Waals surface area contributed by atoms with E-state index in [0.717, 1.165) is 13.1 Å². The van der Waals surface area contributed by atoms with Gasteiger partial charge in [0.15, 0.2) is 0 Å². The fourth-order valence-electron chi connectivity index (χ4n) is 0.491. The number of halogens is 3. The fraction of sp³-hybridized carbons (Fsp3) is 0.429. The Hall–Kier alpha value is -1.31. The van der Waals surface area contributed by atoms with Gasteiger partial charge in [0.05, 0.1) is 5.57 Å². The first-order valence-corrected chi connectivity index (χ1v) is 3.03. The van der Waals surface area contributed by atoms with Crippen molar-refractivity contribution in [1.29, 1.82) is 5.26 Å². The number of rotatable bonds is 1. The molecule has 0 aliphatic rings. The Bertz CT molecular complexity index is 255. The summed E-state index contributed by atoms with van der Waals surface area (Å²) in [6, 6.07) is 1.42. The fourth-order valence-corrected chi connectivity index (χ4v) is 0.491. The minimum absolute atomic E-state index is 0.454. The second-order valence-corrected chi connectivity index (χ2v) is 2.04. The van der Waals surface area contributed by atoms with Gasteiger partial charge in [0.25, 0.3) is 0 Å². The van der Waals surface area contributed by atoms with Crippen LogP contribution in [-0.2, 0) is 0 Å². The van der Waals surface area contributed by atoms with Crippen LogP contribution >= 0.6 is 0 Å². The summed E-state index contributed by atoms with van der Waals surface area (Å²) in [7, 11) is 1.31. The van der Waals surface area contributed by atoms with Gasteiger partial charge in [-0.25, -0.2) is 0 Å². The predicted octanol–water partition coefficient (Wildman–Crippen LogP) is 2.09. The molecule has 0 aliphatic carbocycles. The molecule has 0 heterocycles. The molecule has 0 fully saturated rings. The van der Waals surface area contributed by atoms with Crippen LogP contribution < -0.4 is 0 Å². The van der Waals surface area contributed by atoms with Crippen LogP contribution in [0.15, 0.2) is 16.1 Å². The van der Waals surface area contributed by atoms with Crippen molar-refractivity contribution in [3.63, 3.8) is 0 Å². The summed E-state index contributed by atoms with van der Waals surface area (Å²) < 4.78 is 35.8. The van der Waals surface area contributed by atoms with E-state index in [-0.39, 0.29) is 0 Å². The Labute approximate surface area is 68.0 Å². The summed E-state index contributed by atoms with van der Waals surface area (Å²) in [5.41, 5.74) is -1.37. The average Bonchev–Trinajstić information content (AvgIpc) is 1.97. The molecule has 12 heavy (non-hydrogen) atoms. The number of hydrogen-bond donors (Lipinski definition) is 0. The lowest BCUT2D eigenvalue weighted by Crippen LogP contribution is -2.11. The molecule has 0 saturated carbocycles. The van der Waals surface area contributed by atoms with Gasteiger partial charge in [0.1, 0.15) is 6.07 Å². The van der Waals surface area contributed by atoms with Crippen molar-refractivity contribution in [2.45, 2.75) is 13.1 Å². The highest BCUT2D eigenvalue weighted by molar-refractivity contribution is 5.84. The van der Waals surface area contributed by atoms with Crippen molar-refractivity contribution < 1.29 is 13.2 Å². The monoisotopic (exact) mass is 176 g/mol. The number of nitriles is 1. The Morgan fingerprint density at radius 2 is 2.00 bits per heavy atom. The van der Waals surface area contributed by atoms with Crippen LogP contribution in [0.2, 0.25) is 0 Å². The van der Waals surface area contributed by atoms with Gasteiger partial charge in [-0.05, 0) is 6.92 Å². The van der Waals surface area contributed by atoms with Gasteiger partial charge in [-0.15, -0.1) is 0 Å². The van der Waals surface area contributed by atoms with Gasteiger partial charge in [0.2, 0.25) is 0 Å². The van der Waals surface area contributed by atoms with Gasteiger partial charge < -0.3 is 0 Å². The van der Waals surface area contributed by atoms with Crippen molar-refractivity contribution in [3.8, 4) is 6.07 Å². The van der Waals surface area contributed by atoms with E-state index in [1.807, 2.05) is 0 Å². The Balaban J connectivity index is 5.02. The first-order valence-electron chi connectivity index (χ1n) is 3.03. The molecule has 0 aromatic carbocycles. The molecule has 0 N–H and O–H groups in total. The summed E-state index contributed by atoms with van der Waals surface area (Å²) in [4.78, 5) is 3.34. The molecule has 0 aromatic heterocycles. The first-order chi connectivity index (χ1) is 5.43. The zero-order valence-electron chi connectivity index (χ0n) is 6.61. The van der Waals surface area contributed by atoms with Crippen LogP contribution in [0.25, 0.3) is 0 Å². The second-order valence-electron chi connectivity index (χ2n) is 2.04. The largest absolute Gasteiger partial charge is 0.413 e. The Kier molecular flexibility index (Phi) is 3.48. The molecule has 2 nitrogen and oxygen atoms in total. The molecule has 0 atom stereocenters. The molecule has 5 heteroatoms. The lowest BCUT2D eigenvalue weighted by molar-refractivity contribution is -0.0915. The highest BCUT2D eigenvalue weighted by atomic mass is 19.4. The minimum atomic E-state index is -4.45. The quantitative estimate of drug-likeness (QED) is 0.445. The summed E-state index contributed by atoms with van der Waals surface area (Å²) >= 11 is 0. The molecule has 0 aliphatic heterocycles. The molecule has 66 valence electrons. The van der Waals surface area contributed by atoms with E-state index in [1.54, 1.807) is 0 Å². The third kappa shape index (κ3) is 2.74. The van der Waals surface area contributed by atoms with Crippen LogP contribution in [0.3, 0.4) is 0 Å². The summed E-state index contributed by atoms with van der Waals surface area (Å²) in [6.45, 7) is 0.847. The maximum absolute atomic E-state index is 11.9. The number of allylic oxidation sites excluding steroid dienone is 2. The van der Waals surface area contributed by atoms with E-state index in [2.05, 4.69) is 4.99 Å². The molecule has 0 radical (unpaired) electrons. The van der Waals surface area contributed by atoms with E-state index in [0.29, 0.717) is 0 Å². The zero-order chi connectivity index (χ0) is 9.78. The van der Waals surface area contributed by atoms with Crippen LogP contribution in [0.1, 0.15) is 6.92 Å². The second kappa shape index (κ2) is 3.90. The SMILES string of the molecule is CN=C/C(C#N)=C(\C)C(F)(F)F. The van der Waals surface area contributed by atoms with E-state index in [1.165, 1.54) is 13.1 Å². The van der Waals surface area contributed by atoms with Gasteiger partial charge >= 0.3 is 6.18 Å². The maximum atomic E-state index is 11.9. The third-order valence-corrected chi connectivity index (χ3v) is 1.21. The van der Waals surface area contributed by atoms with Crippen LogP contribution in [0, 0.1) is 11.3 Å². The molecular formula is C7H7F3N2. The molecule has 0 bridgehead atoms. The zero-order valence-corrected chi connectivity index (χ0v) is 6.61. The number of alkyl halides is 3. The van der Waals surface area contributed by atoms with Crippen molar-refractivity contribution in [3.05, 3.63) is 11.1 Å². The van der Waals surface area contributed by atoms with E-state index >= 15 is 0 Å². The normalized spacial score (nSPS) is 14.3. The first kappa shape index (κ1) is 10.7. The lowest BCUT2D eigenvalue weighted by atomic mass is 10.1. The topological polar surface area (TPSA) is 36.1 Å². The smallest absolute Gasteiger partial charge is 0.295 e. The molecule has 0 aromatic rings. The van der Waals surface area contributed by atoms with Gasteiger partial charge in [0, 0.05) is 18.8 Å². The van der Waals surface area contributed by atoms with Crippen molar-refractivity contribution in [2.75, 3.05) is 7.05 Å². The Morgan fingerprint density at radius 3 is 2.25 bits per heavy atom. The van der Waals surface area contributed by atoms with Crippen molar-refractivity contribution in [2.24, 2.45) is 4.99 Å². The Morgan fingerprint density at radius 1 is 1.50 bits per heavy atom. The van der Waals surface area contributed by atoms with Crippen LogP contribution in [-0.4, -0.2) is 19.4 Å². The predicted molar refractivity (Wildman–Crippen MR) is 38.8 cm³/mol. The average molecular weight is 176 g/mol. The van der Waals surface area contributed by atoms with Crippen molar-refractivity contribution in [1.82, 2.24) is 0 Å². The maximum Gasteiger partial charge on any atom is 0.413 e. The van der Waals surface area contributed by atoms with E-state index in [9.17, 15) is 13.2 Å². The molecule has 0 saturated heterocycles. The number of hydrogen-bond acceptors (Lipinski definition) is 2.